The van der Waals surface area contributed by atoms with Gasteiger partial charge in [0, 0.05) is 52.8 Å². The SMILES string of the molecule is CNCCCC[C@@H]1NC(=O)[C@@H](Cc2ccc(C(N)=O)cc2)NC(=O)[C@H](Cc2ccc(O)cc2)NC(=O)[C@H](NC(=O)CCc2ccc(Cl)cc2)CSSC[C@@H](C(=O)N[C@H](Cc2ccc(Cl)cc2)C(N)=O)NC(=O)C(C(C)O)NC1=O. The molecule has 5 rings (SSSR count). The highest BCUT2D eigenvalue weighted by Gasteiger charge is 2.36. The number of carbonyl (C=O) groups excluding carboxylic acids is 9. The largest absolute Gasteiger partial charge is 0.508 e. The molecule has 21 nitrogen and oxygen atoms in total. The van der Waals surface area contributed by atoms with Crippen molar-refractivity contribution in [3.05, 3.63) is 135 Å². The Morgan fingerprint density at radius 3 is 1.73 bits per heavy atom. The maximum atomic E-state index is 14.7. The van der Waals surface area contributed by atoms with Gasteiger partial charge in [0.25, 0.3) is 0 Å². The number of phenolic OH excluding ortho intramolecular Hbond substituents is 1. The lowest BCUT2D eigenvalue weighted by Crippen LogP contribution is -2.62. The molecule has 1 heterocycles. The smallest absolute Gasteiger partial charge is 0.248 e. The van der Waals surface area contributed by atoms with Crippen molar-refractivity contribution in [2.45, 2.75) is 107 Å². The van der Waals surface area contributed by atoms with Gasteiger partial charge in [-0.2, -0.15) is 0 Å². The minimum absolute atomic E-state index is 0.00867. The molecule has 2 unspecified atom stereocenters. The number of hydrogen-bond donors (Lipinski definition) is 12. The van der Waals surface area contributed by atoms with Gasteiger partial charge in [0.15, 0.2) is 0 Å². The molecule has 8 atom stereocenters. The monoisotopic (exact) mass is 1160 g/mol. The first-order valence-electron chi connectivity index (χ1n) is 25.3. The van der Waals surface area contributed by atoms with E-state index < -0.39 is 102 Å². The summed E-state index contributed by atoms with van der Waals surface area (Å²) in [5.41, 5.74) is 13.7. The molecule has 9 amide bonds. The molecule has 4 aromatic carbocycles. The summed E-state index contributed by atoms with van der Waals surface area (Å²) < 4.78 is 0. The molecular formula is C54H66Cl2N10O11S2. The van der Waals surface area contributed by atoms with Crippen LogP contribution in [0.5, 0.6) is 5.75 Å². The fourth-order valence-corrected chi connectivity index (χ4v) is 10.7. The first kappa shape index (κ1) is 62.9. The van der Waals surface area contributed by atoms with Gasteiger partial charge in [0.2, 0.25) is 53.2 Å². The van der Waals surface area contributed by atoms with Gasteiger partial charge in [-0.3, -0.25) is 43.2 Å². The van der Waals surface area contributed by atoms with Gasteiger partial charge in [0.05, 0.1) is 6.10 Å². The molecule has 0 radical (unpaired) electrons. The highest BCUT2D eigenvalue weighted by atomic mass is 35.5. The summed E-state index contributed by atoms with van der Waals surface area (Å²) in [4.78, 5) is 125. The molecular weight excluding hydrogens is 1100 g/mol. The quantitative estimate of drug-likeness (QED) is 0.0441. The van der Waals surface area contributed by atoms with Crippen molar-refractivity contribution >= 4 is 98.0 Å². The zero-order valence-corrected chi connectivity index (χ0v) is 46.6. The number of aromatic hydroxyl groups is 1. The van der Waals surface area contributed by atoms with Crippen molar-refractivity contribution in [3.63, 3.8) is 0 Å². The van der Waals surface area contributed by atoms with Crippen molar-refractivity contribution in [1.82, 2.24) is 42.5 Å². The normalized spacial score (nSPS) is 20.6. The third kappa shape index (κ3) is 21.0. The number of nitrogens with one attached hydrogen (secondary N) is 8. The fourth-order valence-electron chi connectivity index (χ4n) is 8.11. The van der Waals surface area contributed by atoms with Gasteiger partial charge in [-0.05, 0) is 117 Å². The summed E-state index contributed by atoms with van der Waals surface area (Å²) in [5.74, 6) is -8.02. The number of hydrogen-bond acceptors (Lipinski definition) is 14. The van der Waals surface area contributed by atoms with Gasteiger partial charge in [0.1, 0.15) is 48.0 Å². The number of amides is 9. The van der Waals surface area contributed by atoms with Crippen LogP contribution in [-0.2, 0) is 64.0 Å². The fraction of sp³-hybridized carbons (Fsp3) is 0.389. The standard InChI is InChI=1S/C54H66Cl2N10O11S2/c1-30(67)46-54(77)65-44(53(76)62-40(48(58)71)25-33-10-19-37(56)20-11-33)29-79-78-28-43(60-45(69)23-14-31-8-17-36(55)18-9-31)52(75)64-42(27-34-12-21-38(68)22-13-34)51(74)63-41(26-32-6-15-35(16-7-32)47(57)70)50(73)61-39(49(72)66-46)5-3-4-24-59-2/h6-13,15-22,30,39-44,46,59,67-68H,3-5,14,23-29H2,1-2H3,(H2,57,70)(H2,58,71)(H,60,69)(H,61,73)(H,62,76)(H,63,74)(H,64,75)(H,65,77)(H,66,72)/t30?,39-,40+,41+,42-,43+,44-,46?/m0/s1. The van der Waals surface area contributed by atoms with E-state index in [1.54, 1.807) is 55.6 Å². The van der Waals surface area contributed by atoms with Crippen LogP contribution in [0.25, 0.3) is 0 Å². The molecule has 4 aromatic rings. The van der Waals surface area contributed by atoms with E-state index in [4.69, 9.17) is 34.7 Å². The first-order valence-corrected chi connectivity index (χ1v) is 28.6. The van der Waals surface area contributed by atoms with Crippen molar-refractivity contribution < 1.29 is 53.4 Å². The Balaban J connectivity index is 1.56. The van der Waals surface area contributed by atoms with E-state index in [1.165, 1.54) is 55.5 Å². The van der Waals surface area contributed by atoms with Crippen LogP contribution in [0.4, 0.5) is 0 Å². The van der Waals surface area contributed by atoms with Crippen LogP contribution in [0.2, 0.25) is 10.0 Å². The van der Waals surface area contributed by atoms with Gasteiger partial charge in [-0.15, -0.1) is 0 Å². The number of nitrogens with two attached hydrogens (primary N) is 2. The zero-order chi connectivity index (χ0) is 57.6. The molecule has 0 bridgehead atoms. The second kappa shape index (κ2) is 31.6. The Morgan fingerprint density at radius 1 is 0.658 bits per heavy atom. The minimum atomic E-state index is -1.72. The van der Waals surface area contributed by atoms with E-state index in [1.807, 2.05) is 0 Å². The Hall–Kier alpha value is -6.89. The van der Waals surface area contributed by atoms with Crippen molar-refractivity contribution in [2.24, 2.45) is 11.5 Å². The number of aryl methyl sites for hydroxylation is 1. The van der Waals surface area contributed by atoms with E-state index in [-0.39, 0.29) is 61.3 Å². The third-order valence-corrected chi connectivity index (χ3v) is 15.5. The highest BCUT2D eigenvalue weighted by molar-refractivity contribution is 8.76. The van der Waals surface area contributed by atoms with Crippen molar-refractivity contribution in [3.8, 4) is 5.75 Å². The molecule has 1 fully saturated rings. The Labute approximate surface area is 475 Å². The second-order valence-corrected chi connectivity index (χ2v) is 22.2. The van der Waals surface area contributed by atoms with Gasteiger partial charge < -0.3 is 64.2 Å². The van der Waals surface area contributed by atoms with Crippen LogP contribution in [0.1, 0.15) is 65.2 Å². The lowest BCUT2D eigenvalue weighted by molar-refractivity contribution is -0.136. The van der Waals surface area contributed by atoms with Crippen molar-refractivity contribution in [2.75, 3.05) is 25.1 Å². The Kier molecular flexibility index (Phi) is 25.2. The van der Waals surface area contributed by atoms with Crippen LogP contribution in [0.3, 0.4) is 0 Å². The summed E-state index contributed by atoms with van der Waals surface area (Å²) in [6.45, 7) is 1.77. The lowest BCUT2D eigenvalue weighted by atomic mass is 10.00. The molecule has 0 spiro atoms. The minimum Gasteiger partial charge on any atom is -0.508 e. The van der Waals surface area contributed by atoms with Crippen LogP contribution in [0, 0.1) is 0 Å². The summed E-state index contributed by atoms with van der Waals surface area (Å²) in [6, 6.07) is 14.9. The van der Waals surface area contributed by atoms with Gasteiger partial charge in [-0.25, -0.2) is 0 Å². The number of phenols is 1. The van der Waals surface area contributed by atoms with Crippen molar-refractivity contribution in [1.29, 1.82) is 0 Å². The van der Waals surface area contributed by atoms with Crippen LogP contribution >= 0.6 is 44.8 Å². The van der Waals surface area contributed by atoms with E-state index in [2.05, 4.69) is 42.5 Å². The molecule has 79 heavy (non-hydrogen) atoms. The number of rotatable bonds is 20. The topological polar surface area (TPSA) is 342 Å². The van der Waals surface area contributed by atoms with Crippen LogP contribution in [-0.4, -0.2) is 137 Å². The van der Waals surface area contributed by atoms with Gasteiger partial charge in [-0.1, -0.05) is 93.3 Å². The summed E-state index contributed by atoms with van der Waals surface area (Å²) in [7, 11) is 3.74. The molecule has 1 aliphatic rings. The Bertz CT molecular complexity index is 2750. The molecule has 25 heteroatoms. The average molecular weight is 1170 g/mol. The highest BCUT2D eigenvalue weighted by Crippen LogP contribution is 2.24. The molecule has 424 valence electrons. The predicted octanol–water partition coefficient (Wildman–Crippen LogP) is 1.50. The summed E-state index contributed by atoms with van der Waals surface area (Å²) in [6.07, 6.45) is -0.927. The average Bonchev–Trinajstić information content (AvgIpc) is 3.43. The van der Waals surface area contributed by atoms with Gasteiger partial charge >= 0.3 is 0 Å². The van der Waals surface area contributed by atoms with E-state index >= 15 is 0 Å². The van der Waals surface area contributed by atoms with E-state index in [0.717, 1.165) is 27.2 Å². The van der Waals surface area contributed by atoms with E-state index in [9.17, 15) is 53.4 Å². The Morgan fingerprint density at radius 2 is 1.18 bits per heavy atom. The third-order valence-electron chi connectivity index (χ3n) is 12.6. The summed E-state index contributed by atoms with van der Waals surface area (Å²) in [5, 5.41) is 43.8. The maximum Gasteiger partial charge on any atom is 0.248 e. The predicted molar refractivity (Wildman–Crippen MR) is 302 cm³/mol. The first-order chi connectivity index (χ1) is 37.7. The number of aliphatic hydroxyl groups excluding tert-OH is 1. The summed E-state index contributed by atoms with van der Waals surface area (Å²) >= 11 is 12.1. The van der Waals surface area contributed by atoms with Crippen LogP contribution in [0.15, 0.2) is 97.1 Å². The number of primary amides is 2. The molecule has 0 saturated carbocycles. The molecule has 0 aliphatic carbocycles. The maximum absolute atomic E-state index is 14.7. The molecule has 1 saturated heterocycles. The number of halogens is 2. The second-order valence-electron chi connectivity index (χ2n) is 18.8. The lowest BCUT2D eigenvalue weighted by Gasteiger charge is -2.29. The van der Waals surface area contributed by atoms with E-state index in [0.29, 0.717) is 46.1 Å². The molecule has 0 aromatic heterocycles. The van der Waals surface area contributed by atoms with Crippen LogP contribution < -0.4 is 54.0 Å². The molecule has 14 N–H and O–H groups in total. The number of unbranched alkanes of at least 4 members (excludes halogenated alkanes) is 1. The molecule has 1 aliphatic heterocycles. The number of carbonyl (C=O) groups is 9. The number of aliphatic hydroxyl groups is 1. The number of benzene rings is 4. The zero-order valence-electron chi connectivity index (χ0n) is 43.4.